The SMILES string of the molecule is CC1CN(C(=O)c2cn(CC3CCC3)nn2)c2ncnn2C1. The highest BCUT2D eigenvalue weighted by Gasteiger charge is 2.30. The maximum atomic E-state index is 12.7. The van der Waals surface area contributed by atoms with Gasteiger partial charge in [-0.1, -0.05) is 18.6 Å². The minimum atomic E-state index is -0.152. The number of aromatic nitrogens is 6. The van der Waals surface area contributed by atoms with E-state index in [4.69, 9.17) is 0 Å². The van der Waals surface area contributed by atoms with E-state index in [-0.39, 0.29) is 5.91 Å². The van der Waals surface area contributed by atoms with Crippen molar-refractivity contribution in [3.63, 3.8) is 0 Å². The second kappa shape index (κ2) is 5.19. The molecule has 1 aliphatic heterocycles. The lowest BCUT2D eigenvalue weighted by Gasteiger charge is -2.29. The van der Waals surface area contributed by atoms with Gasteiger partial charge in [0.15, 0.2) is 5.69 Å². The molecule has 2 aromatic heterocycles. The van der Waals surface area contributed by atoms with Crippen LogP contribution in [0.15, 0.2) is 12.5 Å². The molecule has 8 nitrogen and oxygen atoms in total. The van der Waals surface area contributed by atoms with Gasteiger partial charge in [0.25, 0.3) is 5.91 Å². The molecule has 8 heteroatoms. The van der Waals surface area contributed by atoms with Crippen molar-refractivity contribution >= 4 is 11.9 Å². The Hall–Kier alpha value is -2.25. The number of hydrogen-bond acceptors (Lipinski definition) is 5. The molecular weight excluding hydrogens is 282 g/mol. The number of hydrogen-bond donors (Lipinski definition) is 0. The van der Waals surface area contributed by atoms with Gasteiger partial charge in [0.2, 0.25) is 5.95 Å². The Morgan fingerprint density at radius 3 is 3.00 bits per heavy atom. The molecule has 1 atom stereocenters. The van der Waals surface area contributed by atoms with E-state index in [9.17, 15) is 4.79 Å². The molecular formula is C14H19N7O. The number of fused-ring (bicyclic) bond motifs is 1. The topological polar surface area (TPSA) is 81.7 Å². The van der Waals surface area contributed by atoms with Gasteiger partial charge in [0.1, 0.15) is 6.33 Å². The van der Waals surface area contributed by atoms with Crippen LogP contribution in [0.3, 0.4) is 0 Å². The zero-order chi connectivity index (χ0) is 15.1. The van der Waals surface area contributed by atoms with E-state index in [1.54, 1.807) is 20.5 Å². The zero-order valence-corrected chi connectivity index (χ0v) is 12.6. The Balaban J connectivity index is 1.54. The first-order valence-electron chi connectivity index (χ1n) is 7.80. The second-order valence-corrected chi connectivity index (χ2v) is 6.39. The molecule has 0 saturated heterocycles. The van der Waals surface area contributed by atoms with Gasteiger partial charge in [-0.2, -0.15) is 10.1 Å². The molecule has 0 bridgehead atoms. The quantitative estimate of drug-likeness (QED) is 0.843. The Morgan fingerprint density at radius 1 is 1.36 bits per heavy atom. The second-order valence-electron chi connectivity index (χ2n) is 6.39. The van der Waals surface area contributed by atoms with Crippen LogP contribution in [0.25, 0.3) is 0 Å². The molecule has 0 N–H and O–H groups in total. The molecule has 0 spiro atoms. The highest BCUT2D eigenvalue weighted by atomic mass is 16.2. The normalized spacial score (nSPS) is 21.5. The summed E-state index contributed by atoms with van der Waals surface area (Å²) in [6, 6.07) is 0. The smallest absolute Gasteiger partial charge is 0.275 e. The lowest BCUT2D eigenvalue weighted by Crippen LogP contribution is -2.42. The summed E-state index contributed by atoms with van der Waals surface area (Å²) < 4.78 is 3.56. The van der Waals surface area contributed by atoms with Crippen LogP contribution in [0.5, 0.6) is 0 Å². The van der Waals surface area contributed by atoms with Crippen LogP contribution in [-0.4, -0.2) is 42.2 Å². The minimum Gasteiger partial charge on any atom is -0.275 e. The summed E-state index contributed by atoms with van der Waals surface area (Å²) >= 11 is 0. The van der Waals surface area contributed by atoms with Gasteiger partial charge in [-0.25, -0.2) is 4.68 Å². The first-order valence-corrected chi connectivity index (χ1v) is 7.80. The predicted molar refractivity (Wildman–Crippen MR) is 78.2 cm³/mol. The van der Waals surface area contributed by atoms with Crippen LogP contribution in [0.4, 0.5) is 5.95 Å². The molecule has 2 aromatic rings. The molecule has 1 aliphatic carbocycles. The Bertz CT molecular complexity index is 687. The van der Waals surface area contributed by atoms with Crippen molar-refractivity contribution < 1.29 is 4.79 Å². The third kappa shape index (κ3) is 2.28. The van der Waals surface area contributed by atoms with E-state index in [2.05, 4.69) is 27.3 Å². The molecule has 2 aliphatic rings. The van der Waals surface area contributed by atoms with Crippen LogP contribution in [-0.2, 0) is 13.1 Å². The van der Waals surface area contributed by atoms with Gasteiger partial charge >= 0.3 is 0 Å². The molecule has 1 saturated carbocycles. The van der Waals surface area contributed by atoms with E-state index in [1.165, 1.54) is 25.6 Å². The third-order valence-electron chi connectivity index (χ3n) is 4.49. The molecule has 0 aromatic carbocycles. The minimum absolute atomic E-state index is 0.152. The van der Waals surface area contributed by atoms with Crippen LogP contribution < -0.4 is 4.90 Å². The van der Waals surface area contributed by atoms with Gasteiger partial charge in [-0.3, -0.25) is 14.4 Å². The van der Waals surface area contributed by atoms with Crippen molar-refractivity contribution in [3.8, 4) is 0 Å². The fourth-order valence-corrected chi connectivity index (χ4v) is 3.08. The van der Waals surface area contributed by atoms with E-state index < -0.39 is 0 Å². The highest BCUT2D eigenvalue weighted by molar-refractivity contribution is 6.03. The van der Waals surface area contributed by atoms with E-state index in [0.29, 0.717) is 30.0 Å². The number of nitrogens with zero attached hydrogens (tertiary/aromatic N) is 7. The Morgan fingerprint density at radius 2 is 2.23 bits per heavy atom. The Kier molecular flexibility index (Phi) is 3.16. The maximum absolute atomic E-state index is 12.7. The van der Waals surface area contributed by atoms with Crippen molar-refractivity contribution in [2.24, 2.45) is 11.8 Å². The van der Waals surface area contributed by atoms with Crippen molar-refractivity contribution in [3.05, 3.63) is 18.2 Å². The third-order valence-corrected chi connectivity index (χ3v) is 4.49. The lowest BCUT2D eigenvalue weighted by molar-refractivity contribution is 0.0969. The van der Waals surface area contributed by atoms with Crippen LogP contribution in [0, 0.1) is 11.8 Å². The molecule has 116 valence electrons. The molecule has 3 heterocycles. The molecule has 22 heavy (non-hydrogen) atoms. The molecule has 1 unspecified atom stereocenters. The van der Waals surface area contributed by atoms with E-state index in [1.807, 2.05) is 0 Å². The summed E-state index contributed by atoms with van der Waals surface area (Å²) in [4.78, 5) is 18.6. The summed E-state index contributed by atoms with van der Waals surface area (Å²) in [5.41, 5.74) is 0.378. The van der Waals surface area contributed by atoms with Crippen LogP contribution >= 0.6 is 0 Å². The summed E-state index contributed by atoms with van der Waals surface area (Å²) in [5.74, 6) is 1.46. The molecule has 1 fully saturated rings. The van der Waals surface area contributed by atoms with Crippen LogP contribution in [0.1, 0.15) is 36.7 Å². The molecule has 4 rings (SSSR count). The fraction of sp³-hybridized carbons (Fsp3) is 0.643. The van der Waals surface area contributed by atoms with Crippen molar-refractivity contribution in [2.45, 2.75) is 39.3 Å². The predicted octanol–water partition coefficient (Wildman–Crippen LogP) is 0.966. The summed E-state index contributed by atoms with van der Waals surface area (Å²) in [6.45, 7) is 4.37. The Labute approximate surface area is 128 Å². The summed E-state index contributed by atoms with van der Waals surface area (Å²) in [5, 5.41) is 12.3. The number of anilines is 1. The van der Waals surface area contributed by atoms with E-state index in [0.717, 1.165) is 13.1 Å². The van der Waals surface area contributed by atoms with Crippen molar-refractivity contribution in [1.29, 1.82) is 0 Å². The average molecular weight is 301 g/mol. The maximum Gasteiger partial charge on any atom is 0.282 e. The van der Waals surface area contributed by atoms with Gasteiger partial charge in [-0.05, 0) is 24.7 Å². The summed E-state index contributed by atoms with van der Waals surface area (Å²) in [6.07, 6.45) is 7.03. The zero-order valence-electron chi connectivity index (χ0n) is 12.6. The lowest BCUT2D eigenvalue weighted by atomic mass is 9.85. The van der Waals surface area contributed by atoms with Crippen LogP contribution in [0.2, 0.25) is 0 Å². The first kappa shape index (κ1) is 13.4. The van der Waals surface area contributed by atoms with Gasteiger partial charge in [0, 0.05) is 19.6 Å². The van der Waals surface area contributed by atoms with Crippen molar-refractivity contribution in [2.75, 3.05) is 11.4 Å². The monoisotopic (exact) mass is 301 g/mol. The number of rotatable bonds is 3. The molecule has 0 radical (unpaired) electrons. The number of carbonyl (C=O) groups is 1. The summed E-state index contributed by atoms with van der Waals surface area (Å²) in [7, 11) is 0. The average Bonchev–Trinajstić information content (AvgIpc) is 3.09. The number of amides is 1. The highest BCUT2D eigenvalue weighted by Crippen LogP contribution is 2.27. The number of carbonyl (C=O) groups excluding carboxylic acids is 1. The van der Waals surface area contributed by atoms with Crippen molar-refractivity contribution in [1.82, 2.24) is 29.8 Å². The van der Waals surface area contributed by atoms with E-state index >= 15 is 0 Å². The van der Waals surface area contributed by atoms with Gasteiger partial charge in [-0.15, -0.1) is 5.10 Å². The largest absolute Gasteiger partial charge is 0.282 e. The standard InChI is InChI=1S/C14H19N7O/c1-10-5-20(14-15-9-16-21(14)6-10)13(22)12-8-19(18-17-12)7-11-3-2-4-11/h8-11H,2-7H2,1H3. The molecule has 1 amide bonds. The fourth-order valence-electron chi connectivity index (χ4n) is 3.08. The first-order chi connectivity index (χ1) is 10.7. The van der Waals surface area contributed by atoms with Gasteiger partial charge < -0.3 is 0 Å². The van der Waals surface area contributed by atoms with Gasteiger partial charge in [0.05, 0.1) is 6.20 Å².